The molecule has 1 fully saturated rings. The molecule has 0 saturated carbocycles. The Balaban J connectivity index is 1.52. The molecule has 1 saturated heterocycles. The summed E-state index contributed by atoms with van der Waals surface area (Å²) in [4.78, 5) is 19.1. The SMILES string of the molecule is COc1cc(C)ccc1OCC(=O)N1CCC[C@@H]1c1[nH]ncc1-c1ccncc1C. The van der Waals surface area contributed by atoms with Gasteiger partial charge in [0.1, 0.15) is 0 Å². The fourth-order valence-corrected chi connectivity index (χ4v) is 4.02. The number of H-pyrrole nitrogens is 1. The molecule has 0 radical (unpaired) electrons. The second-order valence-corrected chi connectivity index (χ2v) is 7.58. The normalized spacial score (nSPS) is 16.0. The number of carbonyl (C=O) groups excluding carboxylic acids is 1. The summed E-state index contributed by atoms with van der Waals surface area (Å²) < 4.78 is 11.2. The molecule has 7 heteroatoms. The van der Waals surface area contributed by atoms with Gasteiger partial charge in [0.05, 0.1) is 25.0 Å². The third-order valence-electron chi connectivity index (χ3n) is 5.56. The molecule has 7 nitrogen and oxygen atoms in total. The summed E-state index contributed by atoms with van der Waals surface area (Å²) in [5.41, 5.74) is 5.20. The number of pyridine rings is 1. The number of aromatic amines is 1. The topological polar surface area (TPSA) is 80.3 Å². The number of rotatable bonds is 6. The number of benzene rings is 1. The zero-order valence-electron chi connectivity index (χ0n) is 17.5. The van der Waals surface area contributed by atoms with Gasteiger partial charge in [-0.15, -0.1) is 0 Å². The van der Waals surface area contributed by atoms with Crippen molar-refractivity contribution in [2.45, 2.75) is 32.7 Å². The van der Waals surface area contributed by atoms with Gasteiger partial charge in [0.2, 0.25) is 0 Å². The van der Waals surface area contributed by atoms with Gasteiger partial charge >= 0.3 is 0 Å². The highest BCUT2D eigenvalue weighted by Gasteiger charge is 2.33. The van der Waals surface area contributed by atoms with Crippen LogP contribution in [0.15, 0.2) is 42.9 Å². The van der Waals surface area contributed by atoms with Gasteiger partial charge in [0, 0.05) is 24.5 Å². The Morgan fingerprint density at radius 3 is 2.87 bits per heavy atom. The van der Waals surface area contributed by atoms with Gasteiger partial charge in [-0.25, -0.2) is 0 Å². The third-order valence-corrected chi connectivity index (χ3v) is 5.56. The highest BCUT2D eigenvalue weighted by atomic mass is 16.5. The third kappa shape index (κ3) is 3.87. The molecule has 1 aromatic carbocycles. The number of carbonyl (C=O) groups is 1. The summed E-state index contributed by atoms with van der Waals surface area (Å²) in [5, 5.41) is 7.40. The van der Waals surface area contributed by atoms with Crippen molar-refractivity contribution < 1.29 is 14.3 Å². The predicted molar refractivity (Wildman–Crippen MR) is 113 cm³/mol. The van der Waals surface area contributed by atoms with E-state index in [9.17, 15) is 4.79 Å². The Labute approximate surface area is 176 Å². The highest BCUT2D eigenvalue weighted by molar-refractivity contribution is 5.79. The molecule has 1 amide bonds. The van der Waals surface area contributed by atoms with Crippen LogP contribution in [0.25, 0.3) is 11.1 Å². The van der Waals surface area contributed by atoms with Gasteiger partial charge in [-0.3, -0.25) is 14.9 Å². The lowest BCUT2D eigenvalue weighted by atomic mass is 9.99. The number of aromatic nitrogens is 3. The van der Waals surface area contributed by atoms with Gasteiger partial charge in [-0.2, -0.15) is 5.10 Å². The number of amides is 1. The van der Waals surface area contributed by atoms with Gasteiger partial charge in [-0.1, -0.05) is 6.07 Å². The average molecular weight is 406 g/mol. The van der Waals surface area contributed by atoms with Gasteiger partial charge in [-0.05, 0) is 61.6 Å². The molecule has 2 aromatic heterocycles. The fraction of sp³-hybridized carbons (Fsp3) is 0.348. The molecule has 0 aliphatic carbocycles. The van der Waals surface area contributed by atoms with E-state index in [2.05, 4.69) is 15.2 Å². The number of methoxy groups -OCH3 is 1. The van der Waals surface area contributed by atoms with Crippen LogP contribution in [0.4, 0.5) is 0 Å². The first-order valence-corrected chi connectivity index (χ1v) is 10.1. The van der Waals surface area contributed by atoms with Crippen LogP contribution in [0.3, 0.4) is 0 Å². The van der Waals surface area contributed by atoms with Crippen LogP contribution in [-0.2, 0) is 4.79 Å². The lowest BCUT2D eigenvalue weighted by molar-refractivity contribution is -0.134. The van der Waals surface area contributed by atoms with E-state index in [-0.39, 0.29) is 18.6 Å². The lowest BCUT2D eigenvalue weighted by Gasteiger charge is -2.25. The summed E-state index contributed by atoms with van der Waals surface area (Å²) in [6, 6.07) is 7.60. The Bertz CT molecular complexity index is 1050. The first-order valence-electron chi connectivity index (χ1n) is 10.1. The minimum Gasteiger partial charge on any atom is -0.493 e. The molecule has 3 aromatic rings. The number of aryl methyl sites for hydroxylation is 2. The van der Waals surface area contributed by atoms with Crippen molar-refractivity contribution in [3.05, 3.63) is 59.7 Å². The minimum atomic E-state index is -0.0499. The molecular weight excluding hydrogens is 380 g/mol. The van der Waals surface area contributed by atoms with Crippen LogP contribution in [0, 0.1) is 13.8 Å². The van der Waals surface area contributed by atoms with Gasteiger partial charge in [0.25, 0.3) is 5.91 Å². The van der Waals surface area contributed by atoms with E-state index < -0.39 is 0 Å². The molecule has 1 atom stereocenters. The first kappa shape index (κ1) is 19.9. The molecular formula is C23H26N4O3. The van der Waals surface area contributed by atoms with Gasteiger partial charge in [0.15, 0.2) is 18.1 Å². The summed E-state index contributed by atoms with van der Waals surface area (Å²) in [6.07, 6.45) is 7.27. The Morgan fingerprint density at radius 2 is 2.07 bits per heavy atom. The standard InChI is InChI=1S/C23H26N4O3/c1-15-6-7-20(21(11-15)29-3)30-14-22(28)27-10-4-5-19(27)23-18(13-25-26-23)17-8-9-24-12-16(17)2/h6-9,11-13,19H,4-5,10,14H2,1-3H3,(H,25,26)/t19-/m1/s1. The van der Waals surface area contributed by atoms with Crippen LogP contribution in [0.1, 0.15) is 35.7 Å². The first-order chi connectivity index (χ1) is 14.6. The number of nitrogens with one attached hydrogen (secondary N) is 1. The maximum atomic E-state index is 13.0. The molecule has 156 valence electrons. The smallest absolute Gasteiger partial charge is 0.261 e. The Hall–Kier alpha value is -3.35. The monoisotopic (exact) mass is 406 g/mol. The second-order valence-electron chi connectivity index (χ2n) is 7.58. The summed E-state index contributed by atoms with van der Waals surface area (Å²) >= 11 is 0. The quantitative estimate of drug-likeness (QED) is 0.673. The molecule has 0 unspecified atom stereocenters. The van der Waals surface area contributed by atoms with E-state index >= 15 is 0 Å². The van der Waals surface area contributed by atoms with Gasteiger partial charge < -0.3 is 14.4 Å². The molecule has 1 aliphatic heterocycles. The molecule has 1 aliphatic rings. The largest absolute Gasteiger partial charge is 0.493 e. The van der Waals surface area contributed by atoms with Crippen molar-refractivity contribution in [2.24, 2.45) is 0 Å². The average Bonchev–Trinajstić information content (AvgIpc) is 3.42. The molecule has 0 spiro atoms. The summed E-state index contributed by atoms with van der Waals surface area (Å²) in [5.74, 6) is 1.15. The van der Waals surface area contributed by atoms with E-state index in [0.29, 0.717) is 18.0 Å². The number of nitrogens with zero attached hydrogens (tertiary/aromatic N) is 3. The van der Waals surface area contributed by atoms with Crippen LogP contribution in [0.2, 0.25) is 0 Å². The van der Waals surface area contributed by atoms with Crippen molar-refractivity contribution in [1.29, 1.82) is 0 Å². The molecule has 4 rings (SSSR count). The predicted octanol–water partition coefficient (Wildman–Crippen LogP) is 3.84. The number of hydrogen-bond donors (Lipinski definition) is 1. The number of ether oxygens (including phenoxy) is 2. The molecule has 1 N–H and O–H groups in total. The van der Waals surface area contributed by atoms with Crippen LogP contribution >= 0.6 is 0 Å². The maximum Gasteiger partial charge on any atom is 0.261 e. The van der Waals surface area contributed by atoms with Crippen LogP contribution in [0.5, 0.6) is 11.5 Å². The summed E-state index contributed by atoms with van der Waals surface area (Å²) in [7, 11) is 1.60. The van der Waals surface area contributed by atoms with Crippen molar-refractivity contribution in [2.75, 3.05) is 20.3 Å². The van der Waals surface area contributed by atoms with E-state index in [1.807, 2.05) is 55.4 Å². The Kier molecular flexibility index (Phi) is 5.70. The molecule has 30 heavy (non-hydrogen) atoms. The highest BCUT2D eigenvalue weighted by Crippen LogP contribution is 2.37. The van der Waals surface area contributed by atoms with E-state index in [1.54, 1.807) is 13.3 Å². The second kappa shape index (κ2) is 8.57. The Morgan fingerprint density at radius 1 is 1.20 bits per heavy atom. The minimum absolute atomic E-state index is 0.0341. The van der Waals surface area contributed by atoms with E-state index in [4.69, 9.17) is 9.47 Å². The maximum absolute atomic E-state index is 13.0. The van der Waals surface area contributed by atoms with Crippen molar-refractivity contribution in [3.63, 3.8) is 0 Å². The van der Waals surface area contributed by atoms with Crippen molar-refractivity contribution in [3.8, 4) is 22.6 Å². The number of hydrogen-bond acceptors (Lipinski definition) is 5. The lowest BCUT2D eigenvalue weighted by Crippen LogP contribution is -2.34. The zero-order chi connectivity index (χ0) is 21.1. The van der Waals surface area contributed by atoms with E-state index in [1.165, 1.54) is 0 Å². The van der Waals surface area contributed by atoms with Crippen LogP contribution < -0.4 is 9.47 Å². The van der Waals surface area contributed by atoms with Crippen molar-refractivity contribution >= 4 is 5.91 Å². The number of likely N-dealkylation sites (tertiary alicyclic amines) is 1. The zero-order valence-corrected chi connectivity index (χ0v) is 17.5. The fourth-order valence-electron chi connectivity index (χ4n) is 4.02. The van der Waals surface area contributed by atoms with E-state index in [0.717, 1.165) is 40.8 Å². The van der Waals surface area contributed by atoms with Crippen molar-refractivity contribution in [1.82, 2.24) is 20.1 Å². The molecule has 3 heterocycles. The molecule has 0 bridgehead atoms. The summed E-state index contributed by atoms with van der Waals surface area (Å²) in [6.45, 7) is 4.68. The van der Waals surface area contributed by atoms with Crippen LogP contribution in [-0.4, -0.2) is 46.2 Å².